The van der Waals surface area contributed by atoms with Gasteiger partial charge in [-0.25, -0.2) is 15.0 Å². The first-order valence-corrected chi connectivity index (χ1v) is 10.9. The average molecular weight is 427 g/mol. The van der Waals surface area contributed by atoms with E-state index in [9.17, 15) is 4.79 Å². The number of carbonyl (C=O) groups excluding carboxylic acids is 1. The Morgan fingerprint density at radius 2 is 2.20 bits per heavy atom. The van der Waals surface area contributed by atoms with Gasteiger partial charge >= 0.3 is 0 Å². The van der Waals surface area contributed by atoms with Crippen LogP contribution in [0.25, 0.3) is 11.2 Å². The molecule has 9 heteroatoms. The average Bonchev–Trinajstić information content (AvgIpc) is 3.29. The van der Waals surface area contributed by atoms with Crippen molar-refractivity contribution in [2.24, 2.45) is 5.92 Å². The van der Waals surface area contributed by atoms with Gasteiger partial charge < -0.3 is 20.4 Å². The molecule has 1 aromatic carbocycles. The number of nitrogens with zero attached hydrogens (tertiary/aromatic N) is 4. The molecule has 30 heavy (non-hydrogen) atoms. The molecule has 0 atom stereocenters. The standard InChI is InChI=1S/C21H26N6O2S/c1-12(2)10-23-17(28)4-6-27-20-18(19(22)24-11-25-20)26-21(27)30-16-9-15-14(5-7-29-15)8-13(16)3/h8-9,11-12H,4-7,10H2,1-3H3,(H,23,28)(H2,22,24,25). The van der Waals surface area contributed by atoms with Gasteiger partial charge in [-0.05, 0) is 30.0 Å². The molecule has 0 aliphatic carbocycles. The van der Waals surface area contributed by atoms with E-state index in [4.69, 9.17) is 15.5 Å². The number of hydrogen-bond donors (Lipinski definition) is 2. The number of nitrogen functional groups attached to an aromatic ring is 1. The molecule has 8 nitrogen and oxygen atoms in total. The molecule has 1 amide bonds. The van der Waals surface area contributed by atoms with E-state index in [1.165, 1.54) is 23.7 Å². The van der Waals surface area contributed by atoms with Crippen LogP contribution in [0.5, 0.6) is 5.75 Å². The minimum atomic E-state index is 0.00522. The first-order valence-electron chi connectivity index (χ1n) is 10.1. The normalized spacial score (nSPS) is 12.9. The van der Waals surface area contributed by atoms with Gasteiger partial charge in [-0.1, -0.05) is 31.7 Å². The van der Waals surface area contributed by atoms with E-state index < -0.39 is 0 Å². The van der Waals surface area contributed by atoms with E-state index in [2.05, 4.69) is 48.2 Å². The topological polar surface area (TPSA) is 108 Å². The Morgan fingerprint density at radius 1 is 1.37 bits per heavy atom. The Kier molecular flexibility index (Phi) is 5.80. The molecule has 4 rings (SSSR count). The summed E-state index contributed by atoms with van der Waals surface area (Å²) in [6.07, 6.45) is 2.71. The third-order valence-corrected chi connectivity index (χ3v) is 6.14. The highest BCUT2D eigenvalue weighted by molar-refractivity contribution is 7.99. The van der Waals surface area contributed by atoms with Crippen LogP contribution >= 0.6 is 11.8 Å². The van der Waals surface area contributed by atoms with Gasteiger partial charge in [0, 0.05) is 30.8 Å². The summed E-state index contributed by atoms with van der Waals surface area (Å²) < 4.78 is 7.67. The summed E-state index contributed by atoms with van der Waals surface area (Å²) >= 11 is 1.53. The molecule has 3 heterocycles. The Morgan fingerprint density at radius 3 is 3.00 bits per heavy atom. The van der Waals surface area contributed by atoms with Gasteiger partial charge in [-0.15, -0.1) is 0 Å². The first kappa shape index (κ1) is 20.5. The van der Waals surface area contributed by atoms with E-state index in [-0.39, 0.29) is 5.91 Å². The van der Waals surface area contributed by atoms with E-state index in [1.54, 1.807) is 0 Å². The van der Waals surface area contributed by atoms with Crippen LogP contribution in [0.1, 0.15) is 31.4 Å². The number of aromatic nitrogens is 4. The van der Waals surface area contributed by atoms with Gasteiger partial charge in [0.05, 0.1) is 6.61 Å². The van der Waals surface area contributed by atoms with Crippen LogP contribution in [0.3, 0.4) is 0 Å². The fraction of sp³-hybridized carbons (Fsp3) is 0.429. The lowest BCUT2D eigenvalue weighted by Crippen LogP contribution is -2.28. The van der Waals surface area contributed by atoms with Crippen molar-refractivity contribution in [3.05, 3.63) is 29.6 Å². The summed E-state index contributed by atoms with van der Waals surface area (Å²) in [4.78, 5) is 26.5. The molecule has 1 aliphatic heterocycles. The number of benzene rings is 1. The van der Waals surface area contributed by atoms with E-state index in [1.807, 2.05) is 4.57 Å². The van der Waals surface area contributed by atoms with Gasteiger partial charge in [-0.2, -0.15) is 0 Å². The lowest BCUT2D eigenvalue weighted by atomic mass is 10.1. The molecule has 3 N–H and O–H groups in total. The number of nitrogens with one attached hydrogen (secondary N) is 1. The van der Waals surface area contributed by atoms with E-state index in [0.29, 0.717) is 42.4 Å². The van der Waals surface area contributed by atoms with Crippen molar-refractivity contribution in [3.8, 4) is 5.75 Å². The smallest absolute Gasteiger partial charge is 0.221 e. The van der Waals surface area contributed by atoms with Crippen LogP contribution in [-0.4, -0.2) is 38.6 Å². The molecule has 0 spiro atoms. The second-order valence-electron chi connectivity index (χ2n) is 7.85. The molecular formula is C21H26N6O2S. The maximum atomic E-state index is 12.3. The van der Waals surface area contributed by atoms with Gasteiger partial charge in [0.2, 0.25) is 5.91 Å². The van der Waals surface area contributed by atoms with Crippen LogP contribution in [-0.2, 0) is 17.8 Å². The highest BCUT2D eigenvalue weighted by atomic mass is 32.2. The Labute approximate surface area is 179 Å². The molecule has 0 fully saturated rings. The van der Waals surface area contributed by atoms with Crippen LogP contribution < -0.4 is 15.8 Å². The number of fused-ring (bicyclic) bond motifs is 2. The molecule has 0 saturated heterocycles. The Bertz CT molecular complexity index is 1090. The summed E-state index contributed by atoms with van der Waals surface area (Å²) in [5, 5.41) is 3.69. The minimum absolute atomic E-state index is 0.00522. The summed E-state index contributed by atoms with van der Waals surface area (Å²) in [7, 11) is 0. The predicted molar refractivity (Wildman–Crippen MR) is 117 cm³/mol. The van der Waals surface area contributed by atoms with Gasteiger partial charge in [0.1, 0.15) is 12.1 Å². The molecule has 0 radical (unpaired) electrons. The quantitative estimate of drug-likeness (QED) is 0.598. The van der Waals surface area contributed by atoms with Crippen molar-refractivity contribution in [2.45, 2.75) is 50.2 Å². The molecule has 0 unspecified atom stereocenters. The number of hydrogen-bond acceptors (Lipinski definition) is 7. The van der Waals surface area contributed by atoms with Gasteiger partial charge in [0.25, 0.3) is 0 Å². The van der Waals surface area contributed by atoms with E-state index in [0.717, 1.165) is 34.4 Å². The maximum absolute atomic E-state index is 12.3. The van der Waals surface area contributed by atoms with Crippen LogP contribution in [0.2, 0.25) is 0 Å². The number of imidazole rings is 1. The monoisotopic (exact) mass is 426 g/mol. The first-order chi connectivity index (χ1) is 14.4. The third-order valence-electron chi connectivity index (χ3n) is 4.98. The lowest BCUT2D eigenvalue weighted by Gasteiger charge is -2.11. The summed E-state index contributed by atoms with van der Waals surface area (Å²) in [6, 6.07) is 4.24. The zero-order valence-electron chi connectivity index (χ0n) is 17.4. The molecule has 0 saturated carbocycles. The number of ether oxygens (including phenoxy) is 1. The van der Waals surface area contributed by atoms with Crippen molar-refractivity contribution in [1.82, 2.24) is 24.8 Å². The molecule has 1 aliphatic rings. The minimum Gasteiger partial charge on any atom is -0.493 e. The zero-order chi connectivity index (χ0) is 21.3. The largest absolute Gasteiger partial charge is 0.493 e. The summed E-state index contributed by atoms with van der Waals surface area (Å²) in [5.74, 6) is 1.68. The Balaban J connectivity index is 1.63. The van der Waals surface area contributed by atoms with Crippen LogP contribution in [0.4, 0.5) is 5.82 Å². The zero-order valence-corrected chi connectivity index (χ0v) is 18.3. The highest BCUT2D eigenvalue weighted by Crippen LogP contribution is 2.37. The number of rotatable bonds is 7. The molecule has 3 aromatic rings. The highest BCUT2D eigenvalue weighted by Gasteiger charge is 2.20. The van der Waals surface area contributed by atoms with E-state index >= 15 is 0 Å². The predicted octanol–water partition coefficient (Wildman–Crippen LogP) is 2.97. The molecule has 0 bridgehead atoms. The lowest BCUT2D eigenvalue weighted by molar-refractivity contribution is -0.121. The van der Waals surface area contributed by atoms with Crippen molar-refractivity contribution in [3.63, 3.8) is 0 Å². The maximum Gasteiger partial charge on any atom is 0.221 e. The number of aryl methyl sites for hydroxylation is 2. The third kappa shape index (κ3) is 4.21. The van der Waals surface area contributed by atoms with Gasteiger partial charge in [-0.3, -0.25) is 4.79 Å². The Hall–Kier alpha value is -2.81. The fourth-order valence-corrected chi connectivity index (χ4v) is 4.38. The second kappa shape index (κ2) is 8.51. The molecule has 158 valence electrons. The van der Waals surface area contributed by atoms with Gasteiger partial charge in [0.15, 0.2) is 22.1 Å². The van der Waals surface area contributed by atoms with Crippen molar-refractivity contribution in [2.75, 3.05) is 18.9 Å². The summed E-state index contributed by atoms with van der Waals surface area (Å²) in [6.45, 7) is 8.07. The van der Waals surface area contributed by atoms with Crippen LogP contribution in [0, 0.1) is 12.8 Å². The molecular weight excluding hydrogens is 400 g/mol. The number of amides is 1. The van der Waals surface area contributed by atoms with Crippen molar-refractivity contribution in [1.29, 1.82) is 0 Å². The van der Waals surface area contributed by atoms with Crippen molar-refractivity contribution >= 4 is 34.7 Å². The summed E-state index contributed by atoms with van der Waals surface area (Å²) in [5.41, 5.74) is 9.63. The molecule has 2 aromatic heterocycles. The SMILES string of the molecule is Cc1cc2c(cc1Sc1nc3c(N)ncnc3n1CCC(=O)NCC(C)C)OCC2. The number of anilines is 1. The van der Waals surface area contributed by atoms with Crippen LogP contribution in [0.15, 0.2) is 28.5 Å². The number of carbonyl (C=O) groups is 1. The second-order valence-corrected chi connectivity index (χ2v) is 8.86. The van der Waals surface area contributed by atoms with Crippen molar-refractivity contribution < 1.29 is 9.53 Å². The fourth-order valence-electron chi connectivity index (χ4n) is 3.37. The number of nitrogens with two attached hydrogens (primary N) is 1.